The van der Waals surface area contributed by atoms with Crippen LogP contribution in [0.2, 0.25) is 0 Å². The number of nitrogen functional groups attached to an aromatic ring is 2. The normalized spacial score (nSPS) is 9.76. The van der Waals surface area contributed by atoms with Crippen molar-refractivity contribution >= 4 is 23.1 Å². The molecule has 0 unspecified atom stereocenters. The average Bonchev–Trinajstić information content (AvgIpc) is 2.28. The van der Waals surface area contributed by atoms with E-state index < -0.39 is 0 Å². The highest BCUT2D eigenvalue weighted by atomic mass is 16.2. The van der Waals surface area contributed by atoms with Gasteiger partial charge in [-0.25, -0.2) is 4.79 Å². The summed E-state index contributed by atoms with van der Waals surface area (Å²) in [5.41, 5.74) is 13.3. The van der Waals surface area contributed by atoms with E-state index in [0.29, 0.717) is 24.5 Å². The molecule has 0 heterocycles. The number of rotatable bonds is 4. The fourth-order valence-electron chi connectivity index (χ4n) is 1.22. The Morgan fingerprint density at radius 1 is 1.24 bits per heavy atom. The lowest BCUT2D eigenvalue weighted by Crippen LogP contribution is -2.37. The number of hydrogen-bond donors (Lipinski definition) is 4. The summed E-state index contributed by atoms with van der Waals surface area (Å²) in [7, 11) is 3.40. The van der Waals surface area contributed by atoms with Gasteiger partial charge in [-0.15, -0.1) is 0 Å². The lowest BCUT2D eigenvalue weighted by Gasteiger charge is -2.13. The number of nitrogens with one attached hydrogen (secondary N) is 2. The van der Waals surface area contributed by atoms with Crippen LogP contribution in [0.3, 0.4) is 0 Å². The molecular formula is C11H19N5O. The number of benzene rings is 1. The van der Waals surface area contributed by atoms with Crippen molar-refractivity contribution in [2.24, 2.45) is 0 Å². The van der Waals surface area contributed by atoms with E-state index >= 15 is 0 Å². The molecule has 0 atom stereocenters. The van der Waals surface area contributed by atoms with Crippen molar-refractivity contribution < 1.29 is 4.79 Å². The third-order valence-corrected chi connectivity index (χ3v) is 2.22. The second-order valence-corrected chi connectivity index (χ2v) is 3.90. The minimum Gasteiger partial charge on any atom is -0.397 e. The number of anilines is 3. The molecular weight excluding hydrogens is 218 g/mol. The maximum Gasteiger partial charge on any atom is 0.316 e. The number of hydrogen-bond acceptors (Lipinski definition) is 4. The number of amides is 2. The molecule has 1 aromatic carbocycles. The molecule has 0 fully saturated rings. The molecule has 6 nitrogen and oxygen atoms in total. The van der Waals surface area contributed by atoms with Crippen LogP contribution in [-0.2, 0) is 0 Å². The van der Waals surface area contributed by atoms with Gasteiger partial charge in [0.05, 0.1) is 11.4 Å². The van der Waals surface area contributed by atoms with Crippen LogP contribution in [0, 0.1) is 0 Å². The van der Waals surface area contributed by atoms with E-state index in [1.807, 2.05) is 6.07 Å². The third-order valence-electron chi connectivity index (χ3n) is 2.22. The van der Waals surface area contributed by atoms with Crippen LogP contribution in [-0.4, -0.2) is 38.1 Å². The standard InChI is InChI=1S/C11H19N5O/c1-16(2)11(17)15-6-5-14-8-3-4-9(12)10(13)7-8/h3-4,7,14H,5-6,12-13H2,1-2H3,(H,15,17). The van der Waals surface area contributed by atoms with Crippen LogP contribution < -0.4 is 22.1 Å². The van der Waals surface area contributed by atoms with Crippen molar-refractivity contribution in [3.05, 3.63) is 18.2 Å². The highest BCUT2D eigenvalue weighted by Gasteiger charge is 2.01. The average molecular weight is 237 g/mol. The van der Waals surface area contributed by atoms with E-state index in [1.165, 1.54) is 4.90 Å². The SMILES string of the molecule is CN(C)C(=O)NCCNc1ccc(N)c(N)c1. The van der Waals surface area contributed by atoms with Gasteiger partial charge in [-0.05, 0) is 18.2 Å². The molecule has 6 N–H and O–H groups in total. The lowest BCUT2D eigenvalue weighted by atomic mass is 10.2. The molecule has 94 valence electrons. The van der Waals surface area contributed by atoms with Gasteiger partial charge in [0.25, 0.3) is 0 Å². The predicted molar refractivity (Wildman–Crippen MR) is 70.8 cm³/mol. The fourth-order valence-corrected chi connectivity index (χ4v) is 1.22. The van der Waals surface area contributed by atoms with Crippen LogP contribution in [0.4, 0.5) is 21.9 Å². The number of urea groups is 1. The Morgan fingerprint density at radius 2 is 1.94 bits per heavy atom. The molecule has 0 bridgehead atoms. The first-order valence-corrected chi connectivity index (χ1v) is 5.34. The van der Waals surface area contributed by atoms with Crippen molar-refractivity contribution in [3.8, 4) is 0 Å². The lowest BCUT2D eigenvalue weighted by molar-refractivity contribution is 0.218. The summed E-state index contributed by atoms with van der Waals surface area (Å²) in [6, 6.07) is 5.25. The monoisotopic (exact) mass is 237 g/mol. The number of carbonyl (C=O) groups is 1. The van der Waals surface area contributed by atoms with Crippen LogP contribution >= 0.6 is 0 Å². The van der Waals surface area contributed by atoms with E-state index in [2.05, 4.69) is 10.6 Å². The molecule has 0 aromatic heterocycles. The van der Waals surface area contributed by atoms with Gasteiger partial charge in [-0.2, -0.15) is 0 Å². The number of nitrogens with two attached hydrogens (primary N) is 2. The predicted octanol–water partition coefficient (Wildman–Crippen LogP) is 0.534. The molecule has 0 saturated carbocycles. The van der Waals surface area contributed by atoms with Crippen molar-refractivity contribution in [2.45, 2.75) is 0 Å². The number of carbonyl (C=O) groups excluding carboxylic acids is 1. The molecule has 1 rings (SSSR count). The molecule has 0 aliphatic carbocycles. The van der Waals surface area contributed by atoms with Gasteiger partial charge in [0.15, 0.2) is 0 Å². The summed E-state index contributed by atoms with van der Waals surface area (Å²) in [6.45, 7) is 1.17. The minimum atomic E-state index is -0.108. The highest BCUT2D eigenvalue weighted by molar-refractivity contribution is 5.73. The van der Waals surface area contributed by atoms with Crippen LogP contribution in [0.15, 0.2) is 18.2 Å². The van der Waals surface area contributed by atoms with E-state index in [-0.39, 0.29) is 6.03 Å². The summed E-state index contributed by atoms with van der Waals surface area (Å²) in [5, 5.41) is 5.89. The maximum absolute atomic E-state index is 11.2. The highest BCUT2D eigenvalue weighted by Crippen LogP contribution is 2.18. The van der Waals surface area contributed by atoms with Gasteiger partial charge in [0.2, 0.25) is 0 Å². The van der Waals surface area contributed by atoms with Gasteiger partial charge in [0.1, 0.15) is 0 Å². The smallest absolute Gasteiger partial charge is 0.316 e. The third kappa shape index (κ3) is 4.10. The van der Waals surface area contributed by atoms with Crippen molar-refractivity contribution in [1.29, 1.82) is 0 Å². The van der Waals surface area contributed by atoms with Crippen LogP contribution in [0.5, 0.6) is 0 Å². The second-order valence-electron chi connectivity index (χ2n) is 3.90. The van der Waals surface area contributed by atoms with Gasteiger partial charge < -0.3 is 27.0 Å². The Bertz CT molecular complexity index is 391. The first-order chi connectivity index (χ1) is 8.00. The molecule has 0 aliphatic heterocycles. The molecule has 1 aromatic rings. The Balaban J connectivity index is 2.31. The Morgan fingerprint density at radius 3 is 2.53 bits per heavy atom. The topological polar surface area (TPSA) is 96.4 Å². The zero-order chi connectivity index (χ0) is 12.8. The van der Waals surface area contributed by atoms with Gasteiger partial charge in [-0.1, -0.05) is 0 Å². The molecule has 0 radical (unpaired) electrons. The van der Waals surface area contributed by atoms with Gasteiger partial charge in [0, 0.05) is 32.9 Å². The molecule has 17 heavy (non-hydrogen) atoms. The molecule has 0 aliphatic rings. The molecule has 0 saturated heterocycles. The summed E-state index contributed by atoms with van der Waals surface area (Å²) in [6.07, 6.45) is 0. The Hall–Kier alpha value is -2.11. The molecule has 0 spiro atoms. The summed E-state index contributed by atoms with van der Waals surface area (Å²) in [4.78, 5) is 12.7. The summed E-state index contributed by atoms with van der Waals surface area (Å²) in [5.74, 6) is 0. The van der Waals surface area contributed by atoms with Gasteiger partial charge >= 0.3 is 6.03 Å². The quantitative estimate of drug-likeness (QED) is 0.454. The zero-order valence-electron chi connectivity index (χ0n) is 10.2. The Kier molecular flexibility index (Phi) is 4.45. The second kappa shape index (κ2) is 5.83. The maximum atomic E-state index is 11.2. The minimum absolute atomic E-state index is 0.108. The molecule has 2 amide bonds. The first-order valence-electron chi connectivity index (χ1n) is 5.34. The van der Waals surface area contributed by atoms with E-state index in [0.717, 1.165) is 5.69 Å². The van der Waals surface area contributed by atoms with E-state index in [1.54, 1.807) is 26.2 Å². The largest absolute Gasteiger partial charge is 0.397 e. The first kappa shape index (κ1) is 13.0. The van der Waals surface area contributed by atoms with Crippen LogP contribution in [0.1, 0.15) is 0 Å². The summed E-state index contributed by atoms with van der Waals surface area (Å²) >= 11 is 0. The van der Waals surface area contributed by atoms with Gasteiger partial charge in [-0.3, -0.25) is 0 Å². The van der Waals surface area contributed by atoms with Crippen LogP contribution in [0.25, 0.3) is 0 Å². The fraction of sp³-hybridized carbons (Fsp3) is 0.364. The van der Waals surface area contributed by atoms with Crippen molar-refractivity contribution in [1.82, 2.24) is 10.2 Å². The van der Waals surface area contributed by atoms with E-state index in [4.69, 9.17) is 11.5 Å². The van der Waals surface area contributed by atoms with Crippen molar-refractivity contribution in [3.63, 3.8) is 0 Å². The number of nitrogens with zero attached hydrogens (tertiary/aromatic N) is 1. The van der Waals surface area contributed by atoms with Crippen molar-refractivity contribution in [2.75, 3.05) is 44.0 Å². The zero-order valence-corrected chi connectivity index (χ0v) is 10.2. The Labute approximate surface area is 101 Å². The van der Waals surface area contributed by atoms with E-state index in [9.17, 15) is 4.79 Å². The molecule has 6 heteroatoms. The summed E-state index contributed by atoms with van der Waals surface area (Å²) < 4.78 is 0.